The third-order valence-electron chi connectivity index (χ3n) is 5.67. The minimum Gasteiger partial charge on any atom is -0.481 e. The smallest absolute Gasteiger partial charge is 0.405 e. The molecule has 8 nitrogen and oxygen atoms in total. The number of nitrogens with one attached hydrogen (secondary N) is 1. The summed E-state index contributed by atoms with van der Waals surface area (Å²) in [6, 6.07) is 5.71. The highest BCUT2D eigenvalue weighted by molar-refractivity contribution is 5.87. The van der Waals surface area contributed by atoms with Gasteiger partial charge < -0.3 is 19.9 Å². The Morgan fingerprint density at radius 2 is 2.18 bits per heavy atom. The topological polar surface area (TPSA) is 117 Å². The average molecular weight is 380 g/mol. The van der Waals surface area contributed by atoms with E-state index >= 15 is 0 Å². The molecule has 4 heterocycles. The second-order valence-corrected chi connectivity index (χ2v) is 7.32. The Morgan fingerprint density at radius 3 is 2.79 bits per heavy atom. The molecule has 2 aromatic rings. The van der Waals surface area contributed by atoms with Crippen molar-refractivity contribution in [2.45, 2.75) is 36.8 Å². The maximum atomic E-state index is 11.1. The molecule has 1 aliphatic carbocycles. The second-order valence-electron chi connectivity index (χ2n) is 7.32. The van der Waals surface area contributed by atoms with Gasteiger partial charge in [0.1, 0.15) is 11.6 Å². The molecule has 28 heavy (non-hydrogen) atoms. The number of carboxylic acid groups (broad SMARTS) is 1. The average Bonchev–Trinajstić information content (AvgIpc) is 2.72. The van der Waals surface area contributed by atoms with Crippen molar-refractivity contribution in [1.29, 1.82) is 5.26 Å². The molecule has 0 atom stereocenters. The van der Waals surface area contributed by atoms with Gasteiger partial charge in [-0.15, -0.1) is 0 Å². The summed E-state index contributed by atoms with van der Waals surface area (Å²) in [5.74, 6) is 0.452. The summed E-state index contributed by atoms with van der Waals surface area (Å²) < 4.78 is 11.3. The molecule has 1 saturated carbocycles. The zero-order chi connectivity index (χ0) is 19.8. The molecular weight excluding hydrogens is 360 g/mol. The number of nitriles is 1. The van der Waals surface area contributed by atoms with Crippen molar-refractivity contribution >= 4 is 23.2 Å². The van der Waals surface area contributed by atoms with E-state index in [0.29, 0.717) is 47.5 Å². The number of rotatable bonds is 4. The summed E-state index contributed by atoms with van der Waals surface area (Å²) >= 11 is 0. The van der Waals surface area contributed by atoms with Crippen molar-refractivity contribution in [3.8, 4) is 11.9 Å². The van der Waals surface area contributed by atoms with Crippen LogP contribution in [0.3, 0.4) is 0 Å². The van der Waals surface area contributed by atoms with Crippen LogP contribution >= 0.6 is 0 Å². The lowest BCUT2D eigenvalue weighted by atomic mass is 9.71. The molecule has 3 fully saturated rings. The summed E-state index contributed by atoms with van der Waals surface area (Å²) in [6.07, 6.45) is 7.24. The Bertz CT molecular complexity index is 987. The van der Waals surface area contributed by atoms with Crippen LogP contribution in [-0.2, 0) is 4.74 Å². The lowest BCUT2D eigenvalue weighted by molar-refractivity contribution is -0.131. The maximum Gasteiger partial charge on any atom is 0.405 e. The molecule has 2 saturated heterocycles. The lowest BCUT2D eigenvalue weighted by Crippen LogP contribution is -2.62. The van der Waals surface area contributed by atoms with Crippen molar-refractivity contribution in [3.05, 3.63) is 35.5 Å². The second kappa shape index (κ2) is 6.77. The molecule has 2 bridgehead atoms. The number of amides is 1. The summed E-state index contributed by atoms with van der Waals surface area (Å²) in [5, 5.41) is 21.2. The van der Waals surface area contributed by atoms with Crippen LogP contribution < -0.4 is 10.1 Å². The van der Waals surface area contributed by atoms with Gasteiger partial charge in [-0.3, -0.25) is 4.98 Å². The first-order valence-corrected chi connectivity index (χ1v) is 9.06. The van der Waals surface area contributed by atoms with Crippen molar-refractivity contribution in [2.75, 3.05) is 13.7 Å². The van der Waals surface area contributed by atoms with Crippen LogP contribution in [0.25, 0.3) is 17.1 Å². The number of methoxy groups -OCH3 is 1. The molecule has 2 aromatic heterocycles. The molecular formula is C20H20N4O4. The predicted molar refractivity (Wildman–Crippen MR) is 101 cm³/mol. The number of pyridine rings is 2. The monoisotopic (exact) mass is 380 g/mol. The molecule has 8 heteroatoms. The fraction of sp³-hybridized carbons (Fsp3) is 0.400. The number of nitrogens with zero attached hydrogens (tertiary/aromatic N) is 3. The highest BCUT2D eigenvalue weighted by atomic mass is 16.5. The number of fused-ring (bicyclic) bond motifs is 4. The first-order chi connectivity index (χ1) is 13.5. The molecule has 0 unspecified atom stereocenters. The number of hydrogen-bond donors (Lipinski definition) is 2. The molecule has 2 aliphatic heterocycles. The summed E-state index contributed by atoms with van der Waals surface area (Å²) in [4.78, 5) is 19.8. The zero-order valence-electron chi connectivity index (χ0n) is 15.4. The Labute approximate surface area is 161 Å². The van der Waals surface area contributed by atoms with E-state index in [4.69, 9.17) is 14.6 Å². The van der Waals surface area contributed by atoms with Gasteiger partial charge in [0.05, 0.1) is 35.9 Å². The van der Waals surface area contributed by atoms with Gasteiger partial charge in [-0.1, -0.05) is 12.2 Å². The predicted octanol–water partition coefficient (Wildman–Crippen LogP) is 2.87. The summed E-state index contributed by atoms with van der Waals surface area (Å²) in [6.45, 7) is 0.345. The van der Waals surface area contributed by atoms with E-state index in [0.717, 1.165) is 12.8 Å². The number of aromatic nitrogens is 2. The van der Waals surface area contributed by atoms with Crippen LogP contribution in [0.1, 0.15) is 36.8 Å². The highest BCUT2D eigenvalue weighted by Crippen LogP contribution is 2.44. The molecule has 2 N–H and O–H groups in total. The standard InChI is InChI=1S/C20H20N4O4/c1-27-16-3-2-15-17(23-16)14(13(10-21)11-22-15)4-5-20-8-6-19(7-9-20,12-28-20)24-18(25)26/h2-5,11,24H,6-9,12H2,1H3,(H,25,26)/b5-4+. The van der Waals surface area contributed by atoms with Crippen LogP contribution in [0.2, 0.25) is 0 Å². The number of carbonyl (C=O) groups is 1. The molecule has 3 aliphatic rings. The number of hydrogen-bond acceptors (Lipinski definition) is 6. The molecule has 144 valence electrons. The van der Waals surface area contributed by atoms with Crippen LogP contribution in [0, 0.1) is 11.3 Å². The molecule has 1 amide bonds. The zero-order valence-corrected chi connectivity index (χ0v) is 15.4. The van der Waals surface area contributed by atoms with Crippen LogP contribution in [-0.4, -0.2) is 46.0 Å². The van der Waals surface area contributed by atoms with Gasteiger partial charge >= 0.3 is 6.09 Å². The number of ether oxygens (including phenoxy) is 2. The highest BCUT2D eigenvalue weighted by Gasteiger charge is 2.49. The van der Waals surface area contributed by atoms with Gasteiger partial charge in [-0.05, 0) is 31.7 Å². The van der Waals surface area contributed by atoms with Crippen molar-refractivity contribution in [1.82, 2.24) is 15.3 Å². The Hall–Kier alpha value is -3.18. The third-order valence-corrected chi connectivity index (χ3v) is 5.67. The summed E-state index contributed by atoms with van der Waals surface area (Å²) in [7, 11) is 1.54. The van der Waals surface area contributed by atoms with E-state index in [-0.39, 0.29) is 0 Å². The molecule has 0 aromatic carbocycles. The fourth-order valence-corrected chi connectivity index (χ4v) is 4.00. The molecule has 5 rings (SSSR count). The Balaban J connectivity index is 1.66. The van der Waals surface area contributed by atoms with Gasteiger partial charge in [0.15, 0.2) is 0 Å². The van der Waals surface area contributed by atoms with E-state index in [2.05, 4.69) is 21.4 Å². The third kappa shape index (κ3) is 3.14. The van der Waals surface area contributed by atoms with Crippen LogP contribution in [0.4, 0.5) is 4.79 Å². The first kappa shape index (κ1) is 18.2. The minimum atomic E-state index is -1.02. The molecule has 0 spiro atoms. The first-order valence-electron chi connectivity index (χ1n) is 9.06. The van der Waals surface area contributed by atoms with Crippen molar-refractivity contribution in [3.63, 3.8) is 0 Å². The SMILES string of the molecule is COc1ccc2ncc(C#N)c(/C=C/C34CCC(NC(=O)O)(CC3)CO4)c2n1. The van der Waals surface area contributed by atoms with Gasteiger partial charge in [-0.2, -0.15) is 5.26 Å². The quantitative estimate of drug-likeness (QED) is 0.837. The Kier molecular flexibility index (Phi) is 4.40. The van der Waals surface area contributed by atoms with E-state index in [1.54, 1.807) is 13.2 Å². The van der Waals surface area contributed by atoms with Crippen LogP contribution in [0.15, 0.2) is 24.4 Å². The van der Waals surface area contributed by atoms with E-state index in [1.165, 1.54) is 6.20 Å². The van der Waals surface area contributed by atoms with Gasteiger partial charge in [-0.25, -0.2) is 9.78 Å². The van der Waals surface area contributed by atoms with Gasteiger partial charge in [0.2, 0.25) is 5.88 Å². The minimum absolute atomic E-state index is 0.345. The normalized spacial score (nSPS) is 26.3. The van der Waals surface area contributed by atoms with Crippen LogP contribution in [0.5, 0.6) is 5.88 Å². The summed E-state index contributed by atoms with van der Waals surface area (Å²) in [5.41, 5.74) is 1.43. The van der Waals surface area contributed by atoms with Gasteiger partial charge in [0.25, 0.3) is 0 Å². The Morgan fingerprint density at radius 1 is 1.39 bits per heavy atom. The van der Waals surface area contributed by atoms with Crippen molar-refractivity contribution in [2.24, 2.45) is 0 Å². The van der Waals surface area contributed by atoms with E-state index in [9.17, 15) is 10.1 Å². The van der Waals surface area contributed by atoms with E-state index in [1.807, 2.05) is 18.2 Å². The van der Waals surface area contributed by atoms with Crippen molar-refractivity contribution < 1.29 is 19.4 Å². The van der Waals surface area contributed by atoms with E-state index < -0.39 is 17.2 Å². The fourth-order valence-electron chi connectivity index (χ4n) is 4.00. The lowest BCUT2D eigenvalue weighted by Gasteiger charge is -2.51. The molecule has 0 radical (unpaired) electrons. The van der Waals surface area contributed by atoms with Gasteiger partial charge in [0, 0.05) is 17.8 Å². The maximum absolute atomic E-state index is 11.1. The largest absolute Gasteiger partial charge is 0.481 e.